The highest BCUT2D eigenvalue weighted by Gasteiger charge is 2.28. The zero-order valence-electron chi connectivity index (χ0n) is 32.2. The number of nitrogens with one attached hydrogen (secondary N) is 1. The molecule has 0 radical (unpaired) electrons. The molecule has 3 heterocycles. The van der Waals surface area contributed by atoms with Crippen LogP contribution in [0.1, 0.15) is 29.7 Å². The number of benzene rings is 9. The van der Waals surface area contributed by atoms with Crippen molar-refractivity contribution in [3.63, 3.8) is 0 Å². The molecule has 0 bridgehead atoms. The van der Waals surface area contributed by atoms with Crippen LogP contribution in [-0.4, -0.2) is 5.84 Å². The van der Waals surface area contributed by atoms with Gasteiger partial charge in [-0.2, -0.15) is 0 Å². The smallest absolute Gasteiger partial charge is 0.143 e. The molecule has 1 atom stereocenters. The third kappa shape index (κ3) is 5.45. The van der Waals surface area contributed by atoms with Crippen molar-refractivity contribution in [1.82, 2.24) is 5.32 Å². The SMILES string of the molecule is CC1=C(c2cccc3oc4c(-c5cc6c7ccccc7sc6c6ccccc56)cccc4c23)N=C(c2ccc3ccccc3c2)NC1c1ccc(-c2ccccc2)cc1. The van der Waals surface area contributed by atoms with E-state index in [1.807, 2.05) is 11.3 Å². The molecule has 0 amide bonds. The summed E-state index contributed by atoms with van der Waals surface area (Å²) in [6.07, 6.45) is 0. The van der Waals surface area contributed by atoms with Crippen LogP contribution in [0.3, 0.4) is 0 Å². The van der Waals surface area contributed by atoms with Crippen LogP contribution in [0.25, 0.3) is 91.6 Å². The monoisotopic (exact) mass is 772 g/mol. The molecule has 1 unspecified atom stereocenters. The fourth-order valence-electron chi connectivity index (χ4n) is 9.23. The Morgan fingerprint density at radius 1 is 0.508 bits per heavy atom. The van der Waals surface area contributed by atoms with E-state index in [0.717, 1.165) is 55.7 Å². The largest absolute Gasteiger partial charge is 0.455 e. The van der Waals surface area contributed by atoms with E-state index < -0.39 is 0 Å². The molecule has 9 aromatic carbocycles. The molecular formula is C55H36N2OS. The molecule has 0 spiro atoms. The quantitative estimate of drug-likeness (QED) is 0.189. The van der Waals surface area contributed by atoms with Crippen molar-refractivity contribution in [2.75, 3.05) is 0 Å². The Morgan fingerprint density at radius 3 is 2.05 bits per heavy atom. The van der Waals surface area contributed by atoms with Gasteiger partial charge in [0.2, 0.25) is 0 Å². The standard InChI is InChI=1S/C55H36N2OS/c1-33-51(37-28-25-36(26-29-37)34-13-3-2-4-14-34)56-55(39-30-27-35-15-5-6-16-38(35)31-39)57-52(33)44-21-12-23-48-50(44)45-22-11-20-42(53(45)58-48)46-32-47-41-18-9-10-24-49(41)59-54(47)43-19-8-7-17-40(43)46/h2-32,51H,1H3,(H,56,57). The molecule has 0 saturated heterocycles. The second-order valence-electron chi connectivity index (χ2n) is 15.5. The van der Waals surface area contributed by atoms with Gasteiger partial charge in [-0.05, 0) is 75.2 Å². The second kappa shape index (κ2) is 13.4. The molecule has 59 heavy (non-hydrogen) atoms. The van der Waals surface area contributed by atoms with Crippen LogP contribution in [0.5, 0.6) is 0 Å². The maximum absolute atomic E-state index is 6.98. The Kier molecular flexibility index (Phi) is 7.69. The van der Waals surface area contributed by atoms with Crippen molar-refractivity contribution in [2.45, 2.75) is 13.0 Å². The molecule has 1 N–H and O–H groups in total. The van der Waals surface area contributed by atoms with Crippen LogP contribution in [0, 0.1) is 0 Å². The first-order chi connectivity index (χ1) is 29.2. The third-order valence-electron chi connectivity index (χ3n) is 12.1. The number of aliphatic imine (C=N–C) groups is 1. The minimum absolute atomic E-state index is 0.101. The molecule has 3 nitrogen and oxygen atoms in total. The number of nitrogens with zero attached hydrogens (tertiary/aromatic N) is 1. The van der Waals surface area contributed by atoms with Crippen LogP contribution in [-0.2, 0) is 0 Å². The van der Waals surface area contributed by atoms with Crippen molar-refractivity contribution in [3.05, 3.63) is 210 Å². The highest BCUT2D eigenvalue weighted by Crippen LogP contribution is 2.47. The summed E-state index contributed by atoms with van der Waals surface area (Å²) in [5.41, 5.74) is 11.8. The Bertz CT molecular complexity index is 3530. The number of amidine groups is 1. The van der Waals surface area contributed by atoms with Crippen molar-refractivity contribution < 1.29 is 4.42 Å². The van der Waals surface area contributed by atoms with E-state index >= 15 is 0 Å². The Labute approximate surface area is 345 Å². The number of thiophene rings is 1. The number of rotatable bonds is 5. The van der Waals surface area contributed by atoms with Gasteiger partial charge >= 0.3 is 0 Å². The van der Waals surface area contributed by atoms with Gasteiger partial charge in [-0.25, -0.2) is 4.99 Å². The van der Waals surface area contributed by atoms with Gasteiger partial charge in [0.05, 0.1) is 11.7 Å². The van der Waals surface area contributed by atoms with E-state index in [4.69, 9.17) is 9.41 Å². The molecule has 12 rings (SSSR count). The lowest BCUT2D eigenvalue weighted by Gasteiger charge is -2.29. The van der Waals surface area contributed by atoms with E-state index in [-0.39, 0.29) is 6.04 Å². The zero-order chi connectivity index (χ0) is 39.0. The Morgan fingerprint density at radius 2 is 1.19 bits per heavy atom. The summed E-state index contributed by atoms with van der Waals surface area (Å²) < 4.78 is 9.60. The lowest BCUT2D eigenvalue weighted by atomic mass is 9.90. The highest BCUT2D eigenvalue weighted by atomic mass is 32.1. The molecular weight excluding hydrogens is 737 g/mol. The first-order valence-corrected chi connectivity index (χ1v) is 21.0. The molecule has 4 heteroatoms. The van der Waals surface area contributed by atoms with Crippen LogP contribution in [0.15, 0.2) is 203 Å². The third-order valence-corrected chi connectivity index (χ3v) is 13.4. The summed E-state index contributed by atoms with van der Waals surface area (Å²) in [6.45, 7) is 2.22. The molecule has 278 valence electrons. The fourth-order valence-corrected chi connectivity index (χ4v) is 10.5. The van der Waals surface area contributed by atoms with E-state index in [1.165, 1.54) is 64.0 Å². The minimum Gasteiger partial charge on any atom is -0.455 e. The summed E-state index contributed by atoms with van der Waals surface area (Å²) in [6, 6.07) is 67.5. The number of hydrogen-bond donors (Lipinski definition) is 1. The van der Waals surface area contributed by atoms with E-state index in [0.29, 0.717) is 0 Å². The van der Waals surface area contributed by atoms with E-state index in [9.17, 15) is 0 Å². The topological polar surface area (TPSA) is 37.5 Å². The Hall–Kier alpha value is -7.27. The van der Waals surface area contributed by atoms with Gasteiger partial charge in [-0.15, -0.1) is 11.3 Å². The van der Waals surface area contributed by atoms with Crippen LogP contribution < -0.4 is 5.32 Å². The molecule has 2 aromatic heterocycles. The van der Waals surface area contributed by atoms with Crippen molar-refractivity contribution in [3.8, 4) is 22.3 Å². The first kappa shape index (κ1) is 33.8. The lowest BCUT2D eigenvalue weighted by Crippen LogP contribution is -2.33. The van der Waals surface area contributed by atoms with Crippen LogP contribution >= 0.6 is 11.3 Å². The van der Waals surface area contributed by atoms with Gasteiger partial charge in [-0.1, -0.05) is 164 Å². The fraction of sp³-hybridized carbons (Fsp3) is 0.0364. The zero-order valence-corrected chi connectivity index (χ0v) is 33.1. The second-order valence-corrected chi connectivity index (χ2v) is 16.6. The summed E-state index contributed by atoms with van der Waals surface area (Å²) in [4.78, 5) is 5.51. The predicted molar refractivity (Wildman–Crippen MR) is 250 cm³/mol. The number of fused-ring (bicyclic) bond motifs is 9. The molecule has 1 aliphatic heterocycles. The van der Waals surface area contributed by atoms with Gasteiger partial charge in [0, 0.05) is 53.0 Å². The lowest BCUT2D eigenvalue weighted by molar-refractivity contribution is 0.670. The normalized spacial score (nSPS) is 14.5. The van der Waals surface area contributed by atoms with Crippen LogP contribution in [0.4, 0.5) is 0 Å². The Balaban J connectivity index is 1.06. The van der Waals surface area contributed by atoms with Gasteiger partial charge in [0.15, 0.2) is 0 Å². The van der Waals surface area contributed by atoms with Gasteiger partial charge < -0.3 is 9.73 Å². The van der Waals surface area contributed by atoms with E-state index in [1.54, 1.807) is 0 Å². The maximum atomic E-state index is 6.98. The summed E-state index contributed by atoms with van der Waals surface area (Å²) in [7, 11) is 0. The summed E-state index contributed by atoms with van der Waals surface area (Å²) in [5.74, 6) is 0.849. The summed E-state index contributed by atoms with van der Waals surface area (Å²) >= 11 is 1.87. The van der Waals surface area contributed by atoms with Crippen LogP contribution in [0.2, 0.25) is 0 Å². The van der Waals surface area contributed by atoms with Crippen molar-refractivity contribution >= 4 is 86.5 Å². The van der Waals surface area contributed by atoms with Crippen molar-refractivity contribution in [2.24, 2.45) is 4.99 Å². The minimum atomic E-state index is -0.101. The maximum Gasteiger partial charge on any atom is 0.143 e. The average Bonchev–Trinajstić information content (AvgIpc) is 3.88. The summed E-state index contributed by atoms with van der Waals surface area (Å²) in [5, 5.41) is 13.5. The molecule has 0 fully saturated rings. The van der Waals surface area contributed by atoms with Gasteiger partial charge in [-0.3, -0.25) is 0 Å². The molecule has 1 aliphatic rings. The molecule has 0 aliphatic carbocycles. The van der Waals surface area contributed by atoms with Gasteiger partial charge in [0.1, 0.15) is 17.0 Å². The van der Waals surface area contributed by atoms with E-state index in [2.05, 4.69) is 200 Å². The van der Waals surface area contributed by atoms with Crippen molar-refractivity contribution in [1.29, 1.82) is 0 Å². The highest BCUT2D eigenvalue weighted by molar-refractivity contribution is 7.26. The number of hydrogen-bond acceptors (Lipinski definition) is 4. The molecule has 0 saturated carbocycles. The van der Waals surface area contributed by atoms with Gasteiger partial charge in [0.25, 0.3) is 0 Å². The first-order valence-electron chi connectivity index (χ1n) is 20.1. The number of furan rings is 1. The predicted octanol–water partition coefficient (Wildman–Crippen LogP) is 15.1. The number of para-hydroxylation sites is 1. The average molecular weight is 773 g/mol. The molecule has 11 aromatic rings.